The molecule has 0 fully saturated rings. The molecule has 0 saturated carbocycles. The molecule has 3 heterocycles. The second-order valence-electron chi connectivity index (χ2n) is 3.14. The quantitative estimate of drug-likeness (QED) is 0.598. The Balaban J connectivity index is 2.32. The lowest BCUT2D eigenvalue weighted by Crippen LogP contribution is -2.07. The molecule has 74 valence electrons. The summed E-state index contributed by atoms with van der Waals surface area (Å²) in [5.41, 5.74) is 1.95. The van der Waals surface area contributed by atoms with Gasteiger partial charge in [0.05, 0.1) is 11.9 Å². The first-order valence-electron chi connectivity index (χ1n) is 4.41. The van der Waals surface area contributed by atoms with Crippen molar-refractivity contribution >= 4 is 5.52 Å². The second-order valence-corrected chi connectivity index (χ2v) is 3.14. The Bertz CT molecular complexity index is 649. The van der Waals surface area contributed by atoms with Gasteiger partial charge >= 0.3 is 0 Å². The summed E-state index contributed by atoms with van der Waals surface area (Å²) in [4.78, 5) is 14.0. The Morgan fingerprint density at radius 2 is 2.33 bits per heavy atom. The first kappa shape index (κ1) is 7.98. The molecule has 3 aromatic rings. The third-order valence-electron chi connectivity index (χ3n) is 2.19. The molecule has 0 spiro atoms. The van der Waals surface area contributed by atoms with Crippen molar-refractivity contribution in [3.63, 3.8) is 0 Å². The van der Waals surface area contributed by atoms with Gasteiger partial charge in [0.25, 0.3) is 5.56 Å². The molecule has 0 aromatic carbocycles. The van der Waals surface area contributed by atoms with Crippen LogP contribution in [0.25, 0.3) is 16.8 Å². The van der Waals surface area contributed by atoms with Crippen molar-refractivity contribution in [3.8, 4) is 11.3 Å². The van der Waals surface area contributed by atoms with E-state index in [2.05, 4.69) is 20.3 Å². The van der Waals surface area contributed by atoms with Crippen molar-refractivity contribution in [2.75, 3.05) is 0 Å². The number of rotatable bonds is 1. The lowest BCUT2D eigenvalue weighted by molar-refractivity contribution is 0.940. The minimum atomic E-state index is -0.153. The number of aromatic nitrogens is 5. The van der Waals surface area contributed by atoms with E-state index in [0.717, 1.165) is 11.3 Å². The van der Waals surface area contributed by atoms with Crippen LogP contribution in [-0.4, -0.2) is 24.8 Å². The minimum absolute atomic E-state index is 0.153. The molecule has 0 aliphatic carbocycles. The van der Waals surface area contributed by atoms with E-state index >= 15 is 0 Å². The zero-order chi connectivity index (χ0) is 10.3. The van der Waals surface area contributed by atoms with E-state index < -0.39 is 0 Å². The molecule has 0 amide bonds. The van der Waals surface area contributed by atoms with Crippen LogP contribution in [0, 0.1) is 0 Å². The predicted octanol–water partition coefficient (Wildman–Crippen LogP) is 0.413. The van der Waals surface area contributed by atoms with Crippen LogP contribution in [0.15, 0.2) is 35.6 Å². The van der Waals surface area contributed by atoms with Gasteiger partial charge in [-0.1, -0.05) is 0 Å². The Labute approximate surface area is 83.6 Å². The molecule has 6 nitrogen and oxygen atoms in total. The summed E-state index contributed by atoms with van der Waals surface area (Å²) < 4.78 is 1.54. The van der Waals surface area contributed by atoms with E-state index in [-0.39, 0.29) is 5.56 Å². The molecule has 0 saturated heterocycles. The van der Waals surface area contributed by atoms with Crippen LogP contribution in [0.2, 0.25) is 0 Å². The standard InChI is InChI=1S/C9H7N5O/c15-9-8-3-7(6-4-11-12-5-6)13-14(8)2-1-10-9/h1-5H,(H,10,15)(H,11,12). The van der Waals surface area contributed by atoms with Crippen molar-refractivity contribution < 1.29 is 0 Å². The largest absolute Gasteiger partial charge is 0.326 e. The fourth-order valence-corrected chi connectivity index (χ4v) is 1.47. The molecule has 3 rings (SSSR count). The van der Waals surface area contributed by atoms with E-state index in [1.807, 2.05) is 0 Å². The maximum Gasteiger partial charge on any atom is 0.273 e. The van der Waals surface area contributed by atoms with Crippen molar-refractivity contribution in [2.45, 2.75) is 0 Å². The van der Waals surface area contributed by atoms with Gasteiger partial charge in [0.15, 0.2) is 0 Å². The van der Waals surface area contributed by atoms with Crippen LogP contribution in [0.3, 0.4) is 0 Å². The van der Waals surface area contributed by atoms with Gasteiger partial charge in [-0.05, 0) is 6.07 Å². The summed E-state index contributed by atoms with van der Waals surface area (Å²) in [5.74, 6) is 0. The topological polar surface area (TPSA) is 78.8 Å². The van der Waals surface area contributed by atoms with Crippen molar-refractivity contribution in [3.05, 3.63) is 41.2 Å². The lowest BCUT2D eigenvalue weighted by Gasteiger charge is -1.87. The van der Waals surface area contributed by atoms with E-state index in [4.69, 9.17) is 0 Å². The molecular formula is C9H7N5O. The number of hydrogen-bond donors (Lipinski definition) is 2. The third kappa shape index (κ3) is 1.15. The monoisotopic (exact) mass is 201 g/mol. The first-order chi connectivity index (χ1) is 7.34. The van der Waals surface area contributed by atoms with Crippen LogP contribution in [0.1, 0.15) is 0 Å². The molecule has 0 unspecified atom stereocenters. The molecule has 0 aliphatic rings. The van der Waals surface area contributed by atoms with Gasteiger partial charge in [0, 0.05) is 24.2 Å². The predicted molar refractivity (Wildman–Crippen MR) is 53.4 cm³/mol. The average Bonchev–Trinajstić information content (AvgIpc) is 2.86. The highest BCUT2D eigenvalue weighted by Gasteiger charge is 2.06. The number of nitrogens with one attached hydrogen (secondary N) is 2. The summed E-state index contributed by atoms with van der Waals surface area (Å²) in [6, 6.07) is 1.73. The molecule has 3 aromatic heterocycles. The lowest BCUT2D eigenvalue weighted by atomic mass is 10.2. The van der Waals surface area contributed by atoms with Crippen LogP contribution in [-0.2, 0) is 0 Å². The number of nitrogens with zero attached hydrogens (tertiary/aromatic N) is 3. The van der Waals surface area contributed by atoms with E-state index in [9.17, 15) is 4.79 Å². The van der Waals surface area contributed by atoms with E-state index in [1.54, 1.807) is 35.4 Å². The summed E-state index contributed by atoms with van der Waals surface area (Å²) in [6.07, 6.45) is 6.65. The minimum Gasteiger partial charge on any atom is -0.326 e. The first-order valence-corrected chi connectivity index (χ1v) is 4.41. The maximum atomic E-state index is 11.4. The maximum absolute atomic E-state index is 11.4. The van der Waals surface area contributed by atoms with Crippen LogP contribution < -0.4 is 5.56 Å². The highest BCUT2D eigenvalue weighted by molar-refractivity contribution is 5.63. The highest BCUT2D eigenvalue weighted by Crippen LogP contribution is 2.15. The molecule has 6 heteroatoms. The van der Waals surface area contributed by atoms with Crippen LogP contribution >= 0.6 is 0 Å². The van der Waals surface area contributed by atoms with E-state index in [1.165, 1.54) is 0 Å². The summed E-state index contributed by atoms with van der Waals surface area (Å²) in [5, 5.41) is 10.8. The van der Waals surface area contributed by atoms with Crippen molar-refractivity contribution in [1.29, 1.82) is 0 Å². The third-order valence-corrected chi connectivity index (χ3v) is 2.19. The fourth-order valence-electron chi connectivity index (χ4n) is 1.47. The normalized spacial score (nSPS) is 10.9. The van der Waals surface area contributed by atoms with Crippen LogP contribution in [0.4, 0.5) is 0 Å². The van der Waals surface area contributed by atoms with Gasteiger partial charge in [-0.25, -0.2) is 4.52 Å². The second kappa shape index (κ2) is 2.81. The Morgan fingerprint density at radius 3 is 3.07 bits per heavy atom. The molecule has 0 radical (unpaired) electrons. The number of aromatic amines is 2. The SMILES string of the molecule is O=c1[nH]ccn2nc(-c3cn[nH]c3)cc12. The molecule has 0 bridgehead atoms. The summed E-state index contributed by atoms with van der Waals surface area (Å²) in [7, 11) is 0. The Morgan fingerprint density at radius 1 is 1.40 bits per heavy atom. The molecule has 0 atom stereocenters. The van der Waals surface area contributed by atoms with Gasteiger partial charge in [0.2, 0.25) is 0 Å². The Hall–Kier alpha value is -2.37. The average molecular weight is 201 g/mol. The smallest absolute Gasteiger partial charge is 0.273 e. The summed E-state index contributed by atoms with van der Waals surface area (Å²) >= 11 is 0. The van der Waals surface area contributed by atoms with Gasteiger partial charge < -0.3 is 4.98 Å². The zero-order valence-electron chi connectivity index (χ0n) is 7.64. The Kier molecular flexibility index (Phi) is 1.49. The molecule has 2 N–H and O–H groups in total. The number of H-pyrrole nitrogens is 2. The van der Waals surface area contributed by atoms with Crippen molar-refractivity contribution in [2.24, 2.45) is 0 Å². The van der Waals surface area contributed by atoms with Gasteiger partial charge in [-0.3, -0.25) is 9.89 Å². The van der Waals surface area contributed by atoms with E-state index in [0.29, 0.717) is 5.52 Å². The number of fused-ring (bicyclic) bond motifs is 1. The fraction of sp³-hybridized carbons (Fsp3) is 0. The van der Waals surface area contributed by atoms with Gasteiger partial charge in [0.1, 0.15) is 5.52 Å². The number of hydrogen-bond acceptors (Lipinski definition) is 3. The molecular weight excluding hydrogens is 194 g/mol. The zero-order valence-corrected chi connectivity index (χ0v) is 7.64. The molecule has 15 heavy (non-hydrogen) atoms. The van der Waals surface area contributed by atoms with Gasteiger partial charge in [-0.2, -0.15) is 10.2 Å². The van der Waals surface area contributed by atoms with Crippen molar-refractivity contribution in [1.82, 2.24) is 24.8 Å². The van der Waals surface area contributed by atoms with Crippen LogP contribution in [0.5, 0.6) is 0 Å². The van der Waals surface area contributed by atoms with Gasteiger partial charge in [-0.15, -0.1) is 0 Å². The molecule has 0 aliphatic heterocycles. The highest BCUT2D eigenvalue weighted by atomic mass is 16.1. The summed E-state index contributed by atoms with van der Waals surface area (Å²) in [6.45, 7) is 0.